The van der Waals surface area contributed by atoms with E-state index in [2.05, 4.69) is 58.6 Å². The minimum Gasteiger partial charge on any atom is -0.338 e. The van der Waals surface area contributed by atoms with Gasteiger partial charge in [-0.15, -0.1) is 0 Å². The third-order valence-electron chi connectivity index (χ3n) is 2.22. The highest BCUT2D eigenvalue weighted by atomic mass is 79.9. The molecule has 0 fully saturated rings. The molecule has 1 aromatic carbocycles. The van der Waals surface area contributed by atoms with E-state index in [0.717, 1.165) is 10.2 Å². The zero-order valence-corrected chi connectivity index (χ0v) is 12.7. The largest absolute Gasteiger partial charge is 0.338 e. The number of nitrogens with one attached hydrogen (secondary N) is 2. The molecule has 0 radical (unpaired) electrons. The first-order valence-electron chi connectivity index (χ1n) is 5.10. The van der Waals surface area contributed by atoms with Crippen LogP contribution in [0.4, 0.5) is 17.5 Å². The van der Waals surface area contributed by atoms with Gasteiger partial charge in [0.15, 0.2) is 0 Å². The first kappa shape index (κ1) is 13.7. The summed E-state index contributed by atoms with van der Waals surface area (Å²) < 4.78 is 1.46. The van der Waals surface area contributed by atoms with Crippen LogP contribution in [-0.4, -0.2) is 9.97 Å². The van der Waals surface area contributed by atoms with Crippen LogP contribution in [0, 0.1) is 11.3 Å². The summed E-state index contributed by atoms with van der Waals surface area (Å²) in [6.45, 7) is 0. The smallest absolute Gasteiger partial charge is 0.239 e. The molecule has 0 bridgehead atoms. The van der Waals surface area contributed by atoms with Crippen LogP contribution in [0.1, 0.15) is 5.56 Å². The Bertz CT molecular complexity index is 652. The normalized spacial score (nSPS) is 9.79. The molecule has 0 spiro atoms. The van der Waals surface area contributed by atoms with Crippen LogP contribution in [0.25, 0.3) is 0 Å². The topological polar surface area (TPSA) is 99.7 Å². The Morgan fingerprint density at radius 2 is 2.05 bits per heavy atom. The summed E-state index contributed by atoms with van der Waals surface area (Å²) in [5.41, 5.74) is 3.73. The summed E-state index contributed by atoms with van der Waals surface area (Å²) in [7, 11) is 0. The SMILES string of the molecule is N#Cc1ccc(Nc2nc(NN)ncc2Br)c(Br)c1. The van der Waals surface area contributed by atoms with Crippen LogP contribution in [0.3, 0.4) is 0 Å². The molecule has 0 unspecified atom stereocenters. The van der Waals surface area contributed by atoms with Crippen molar-refractivity contribution in [2.75, 3.05) is 10.7 Å². The third-order valence-corrected chi connectivity index (χ3v) is 3.46. The number of benzene rings is 1. The summed E-state index contributed by atoms with van der Waals surface area (Å²) in [5.74, 6) is 6.13. The maximum Gasteiger partial charge on any atom is 0.239 e. The maximum absolute atomic E-state index is 8.81. The lowest BCUT2D eigenvalue weighted by Gasteiger charge is -2.10. The zero-order valence-electron chi connectivity index (χ0n) is 9.48. The number of aromatic nitrogens is 2. The monoisotopic (exact) mass is 382 g/mol. The summed E-state index contributed by atoms with van der Waals surface area (Å²) >= 11 is 6.74. The van der Waals surface area contributed by atoms with Gasteiger partial charge in [-0.3, -0.25) is 5.43 Å². The van der Waals surface area contributed by atoms with E-state index >= 15 is 0 Å². The number of hydrogen-bond acceptors (Lipinski definition) is 6. The van der Waals surface area contributed by atoms with Gasteiger partial charge in [0.05, 0.1) is 21.8 Å². The van der Waals surface area contributed by atoms with Crippen molar-refractivity contribution in [1.29, 1.82) is 5.26 Å². The van der Waals surface area contributed by atoms with Gasteiger partial charge in [-0.2, -0.15) is 10.2 Å². The van der Waals surface area contributed by atoms with E-state index in [-0.39, 0.29) is 0 Å². The van der Waals surface area contributed by atoms with Crippen molar-refractivity contribution in [1.82, 2.24) is 9.97 Å². The average molecular weight is 384 g/mol. The summed E-state index contributed by atoms with van der Waals surface area (Å²) in [6.07, 6.45) is 1.59. The lowest BCUT2D eigenvalue weighted by atomic mass is 10.2. The standard InChI is InChI=1S/C11H8Br2N6/c12-7-3-6(4-14)1-2-9(7)17-10-8(13)5-16-11(18-10)19-15/h1-3,5H,15H2,(H2,16,17,18,19). The molecule has 96 valence electrons. The first-order chi connectivity index (χ1) is 9.13. The Morgan fingerprint density at radius 3 is 2.68 bits per heavy atom. The molecule has 6 nitrogen and oxygen atoms in total. The van der Waals surface area contributed by atoms with Gasteiger partial charge in [-0.25, -0.2) is 10.8 Å². The third kappa shape index (κ3) is 3.20. The van der Waals surface area contributed by atoms with Gasteiger partial charge in [0.1, 0.15) is 5.82 Å². The van der Waals surface area contributed by atoms with E-state index < -0.39 is 0 Å². The van der Waals surface area contributed by atoms with Gasteiger partial charge in [0, 0.05) is 10.7 Å². The highest BCUT2D eigenvalue weighted by Crippen LogP contribution is 2.29. The van der Waals surface area contributed by atoms with Crippen molar-refractivity contribution < 1.29 is 0 Å². The molecule has 1 aromatic heterocycles. The van der Waals surface area contributed by atoms with Crippen LogP contribution in [-0.2, 0) is 0 Å². The van der Waals surface area contributed by atoms with Crippen molar-refractivity contribution in [3.05, 3.63) is 38.9 Å². The summed E-state index contributed by atoms with van der Waals surface area (Å²) in [5, 5.41) is 11.9. The minimum absolute atomic E-state index is 0.301. The fourth-order valence-corrected chi connectivity index (χ4v) is 2.11. The number of nitrogens with two attached hydrogens (primary N) is 1. The van der Waals surface area contributed by atoms with E-state index in [1.54, 1.807) is 24.4 Å². The fraction of sp³-hybridized carbons (Fsp3) is 0. The molecule has 0 amide bonds. The van der Waals surface area contributed by atoms with E-state index in [9.17, 15) is 0 Å². The summed E-state index contributed by atoms with van der Waals surface area (Å²) in [6, 6.07) is 7.29. The number of hydrazine groups is 1. The molecule has 0 atom stereocenters. The molecule has 0 aliphatic carbocycles. The van der Waals surface area contributed by atoms with Crippen LogP contribution in [0.2, 0.25) is 0 Å². The number of nitrogen functional groups attached to an aromatic ring is 1. The molecular formula is C11H8Br2N6. The molecule has 2 rings (SSSR count). The van der Waals surface area contributed by atoms with Crippen LogP contribution >= 0.6 is 31.9 Å². The quantitative estimate of drug-likeness (QED) is 0.556. The Hall–Kier alpha value is -1.69. The number of hydrogen-bond donors (Lipinski definition) is 3. The van der Waals surface area contributed by atoms with Gasteiger partial charge in [0.2, 0.25) is 5.95 Å². The maximum atomic E-state index is 8.81. The Balaban J connectivity index is 2.33. The second-order valence-corrected chi connectivity index (χ2v) is 5.17. The van der Waals surface area contributed by atoms with Gasteiger partial charge >= 0.3 is 0 Å². The molecule has 1 heterocycles. The van der Waals surface area contributed by atoms with Crippen molar-refractivity contribution in [2.24, 2.45) is 5.84 Å². The van der Waals surface area contributed by atoms with Crippen molar-refractivity contribution in [2.45, 2.75) is 0 Å². The molecule has 0 aliphatic rings. The molecule has 8 heteroatoms. The zero-order chi connectivity index (χ0) is 13.8. The molecule has 19 heavy (non-hydrogen) atoms. The molecule has 0 saturated carbocycles. The lowest BCUT2D eigenvalue weighted by Crippen LogP contribution is -2.11. The lowest BCUT2D eigenvalue weighted by molar-refractivity contribution is 1.11. The van der Waals surface area contributed by atoms with Gasteiger partial charge in [0.25, 0.3) is 0 Å². The van der Waals surface area contributed by atoms with Gasteiger partial charge < -0.3 is 5.32 Å². The van der Waals surface area contributed by atoms with Crippen molar-refractivity contribution >= 4 is 49.3 Å². The molecule has 4 N–H and O–H groups in total. The van der Waals surface area contributed by atoms with Crippen molar-refractivity contribution in [3.63, 3.8) is 0 Å². The minimum atomic E-state index is 0.301. The molecular weight excluding hydrogens is 376 g/mol. The van der Waals surface area contributed by atoms with Gasteiger partial charge in [-0.05, 0) is 50.1 Å². The first-order valence-corrected chi connectivity index (χ1v) is 6.68. The number of anilines is 3. The molecule has 0 saturated heterocycles. The number of nitrogens with zero attached hydrogens (tertiary/aromatic N) is 3. The predicted molar refractivity (Wildman–Crippen MR) is 79.7 cm³/mol. The number of rotatable bonds is 3. The second-order valence-electron chi connectivity index (χ2n) is 3.47. The van der Waals surface area contributed by atoms with Crippen molar-refractivity contribution in [3.8, 4) is 6.07 Å². The molecule has 0 aliphatic heterocycles. The molecule has 2 aromatic rings. The highest BCUT2D eigenvalue weighted by molar-refractivity contribution is 9.11. The van der Waals surface area contributed by atoms with E-state index in [1.807, 2.05) is 0 Å². The highest BCUT2D eigenvalue weighted by Gasteiger charge is 2.07. The predicted octanol–water partition coefficient (Wildman–Crippen LogP) is 2.90. The number of nitriles is 1. The fourth-order valence-electron chi connectivity index (χ4n) is 1.34. The van der Waals surface area contributed by atoms with E-state index in [4.69, 9.17) is 11.1 Å². The van der Waals surface area contributed by atoms with E-state index in [1.165, 1.54) is 0 Å². The van der Waals surface area contributed by atoms with Crippen LogP contribution in [0.15, 0.2) is 33.3 Å². The number of halogens is 2. The Morgan fingerprint density at radius 1 is 1.26 bits per heavy atom. The Kier molecular flexibility index (Phi) is 4.31. The summed E-state index contributed by atoms with van der Waals surface area (Å²) in [4.78, 5) is 8.14. The van der Waals surface area contributed by atoms with Crippen LogP contribution in [0.5, 0.6) is 0 Å². The average Bonchev–Trinajstić information content (AvgIpc) is 2.43. The second kappa shape index (κ2) is 5.97. The van der Waals surface area contributed by atoms with Gasteiger partial charge in [-0.1, -0.05) is 0 Å². The van der Waals surface area contributed by atoms with E-state index in [0.29, 0.717) is 21.8 Å². The Labute approximate surface area is 126 Å². The van der Waals surface area contributed by atoms with Crippen LogP contribution < -0.4 is 16.6 Å².